The number of rotatable bonds is 1. The van der Waals surface area contributed by atoms with Crippen LogP contribution in [0.2, 0.25) is 0 Å². The van der Waals surface area contributed by atoms with Crippen molar-refractivity contribution in [2.24, 2.45) is 0 Å². The van der Waals surface area contributed by atoms with E-state index in [1.54, 1.807) is 0 Å². The van der Waals surface area contributed by atoms with Crippen LogP contribution >= 0.6 is 0 Å². The number of alkyl halides is 3. The highest BCUT2D eigenvalue weighted by molar-refractivity contribution is 5.87. The molecule has 2 heterocycles. The van der Waals surface area contributed by atoms with Crippen LogP contribution in [0.25, 0.3) is 0 Å². The van der Waals surface area contributed by atoms with Gasteiger partial charge < -0.3 is 10.0 Å². The van der Waals surface area contributed by atoms with Crippen molar-refractivity contribution in [3.8, 4) is 0 Å². The minimum atomic E-state index is -5.09. The van der Waals surface area contributed by atoms with Crippen LogP contribution < -0.4 is 0 Å². The lowest BCUT2D eigenvalue weighted by Gasteiger charge is -2.33. The van der Waals surface area contributed by atoms with Gasteiger partial charge >= 0.3 is 18.1 Å². The van der Waals surface area contributed by atoms with Crippen molar-refractivity contribution in [2.45, 2.75) is 18.8 Å². The number of hydrogen-bond acceptors (Lipinski definition) is 3. The summed E-state index contributed by atoms with van der Waals surface area (Å²) >= 11 is 0. The Morgan fingerprint density at radius 1 is 1.39 bits per heavy atom. The molecule has 1 aliphatic rings. The fourth-order valence-corrected chi connectivity index (χ4v) is 1.89. The number of carboxylic acid groups (broad SMARTS) is 1. The molecule has 1 N–H and O–H groups in total. The molecule has 0 aliphatic carbocycles. The van der Waals surface area contributed by atoms with Gasteiger partial charge in [-0.2, -0.15) is 18.3 Å². The number of aromatic nitrogens is 2. The highest BCUT2D eigenvalue weighted by atomic mass is 19.4. The predicted molar refractivity (Wildman–Crippen MR) is 50.4 cm³/mol. The van der Waals surface area contributed by atoms with Gasteiger partial charge in [-0.3, -0.25) is 9.48 Å². The fraction of sp³-hybridized carbons (Fsp3) is 0.444. The van der Waals surface area contributed by atoms with E-state index in [0.717, 1.165) is 0 Å². The number of carbonyl (C=O) groups is 2. The second-order valence-corrected chi connectivity index (χ2v) is 3.72. The number of hydrogen-bond donors (Lipinski definition) is 1. The largest absolute Gasteiger partial charge is 0.479 e. The van der Waals surface area contributed by atoms with Crippen LogP contribution in [0.3, 0.4) is 0 Å². The summed E-state index contributed by atoms with van der Waals surface area (Å²) in [4.78, 5) is 22.5. The Balaban J connectivity index is 2.39. The summed E-state index contributed by atoms with van der Waals surface area (Å²) in [6, 6.07) is -0.371. The molecule has 6 nitrogen and oxygen atoms in total. The van der Waals surface area contributed by atoms with Gasteiger partial charge in [0.05, 0.1) is 12.2 Å². The average Bonchev–Trinajstić information content (AvgIpc) is 2.72. The number of fused-ring (bicyclic) bond motifs is 1. The van der Waals surface area contributed by atoms with Gasteiger partial charge in [0.1, 0.15) is 0 Å². The molecule has 0 bridgehead atoms. The van der Waals surface area contributed by atoms with Gasteiger partial charge in [0.15, 0.2) is 6.04 Å². The first-order chi connectivity index (χ1) is 8.32. The van der Waals surface area contributed by atoms with Crippen LogP contribution in [-0.2, 0) is 16.1 Å². The molecule has 1 aliphatic heterocycles. The van der Waals surface area contributed by atoms with Gasteiger partial charge in [0.2, 0.25) is 0 Å². The molecule has 0 saturated heterocycles. The van der Waals surface area contributed by atoms with Crippen molar-refractivity contribution in [1.82, 2.24) is 14.7 Å². The molecular weight excluding hydrogens is 255 g/mol. The zero-order chi connectivity index (χ0) is 13.5. The first kappa shape index (κ1) is 12.4. The maximum Gasteiger partial charge on any atom is 0.471 e. The highest BCUT2D eigenvalue weighted by Crippen LogP contribution is 2.29. The van der Waals surface area contributed by atoms with E-state index in [1.807, 2.05) is 0 Å². The third kappa shape index (κ3) is 1.91. The number of carboxylic acids is 1. The van der Waals surface area contributed by atoms with Crippen molar-refractivity contribution < 1.29 is 27.9 Å². The first-order valence-corrected chi connectivity index (χ1v) is 4.94. The standard InChI is InChI=1S/C9H8F3N3O3/c10-9(11,12)8(18)14-3-4-15-5(1-2-13-15)6(14)7(16)17/h1-2,6H,3-4H2,(H,16,17). The Bertz CT molecular complexity index is 497. The molecule has 1 unspecified atom stereocenters. The maximum atomic E-state index is 12.4. The monoisotopic (exact) mass is 263 g/mol. The lowest BCUT2D eigenvalue weighted by Crippen LogP contribution is -2.50. The van der Waals surface area contributed by atoms with Gasteiger partial charge in [0.25, 0.3) is 0 Å². The molecular formula is C9H8F3N3O3. The molecule has 9 heteroatoms. The van der Waals surface area contributed by atoms with E-state index in [1.165, 1.54) is 16.9 Å². The maximum absolute atomic E-state index is 12.4. The van der Waals surface area contributed by atoms with Gasteiger partial charge in [-0.05, 0) is 6.07 Å². The van der Waals surface area contributed by atoms with E-state index in [0.29, 0.717) is 4.90 Å². The molecule has 0 saturated carbocycles. The Morgan fingerprint density at radius 2 is 2.06 bits per heavy atom. The summed E-state index contributed by atoms with van der Waals surface area (Å²) in [7, 11) is 0. The zero-order valence-corrected chi connectivity index (χ0v) is 8.89. The molecule has 1 atom stereocenters. The summed E-state index contributed by atoms with van der Waals surface area (Å²) in [5.41, 5.74) is 0.0614. The second kappa shape index (κ2) is 4.00. The highest BCUT2D eigenvalue weighted by Gasteiger charge is 2.48. The minimum absolute atomic E-state index is 0.0356. The number of aliphatic carboxylic acids is 1. The Morgan fingerprint density at radius 3 is 2.61 bits per heavy atom. The third-order valence-corrected chi connectivity index (χ3v) is 2.63. The van der Waals surface area contributed by atoms with Crippen LogP contribution in [0.15, 0.2) is 12.3 Å². The zero-order valence-electron chi connectivity index (χ0n) is 8.89. The molecule has 1 aromatic rings. The molecule has 1 amide bonds. The molecule has 0 fully saturated rings. The van der Waals surface area contributed by atoms with E-state index < -0.39 is 24.1 Å². The molecule has 2 rings (SSSR count). The van der Waals surface area contributed by atoms with Gasteiger partial charge in [0, 0.05) is 12.7 Å². The second-order valence-electron chi connectivity index (χ2n) is 3.72. The van der Waals surface area contributed by atoms with Crippen molar-refractivity contribution in [3.05, 3.63) is 18.0 Å². The molecule has 0 aromatic carbocycles. The number of amides is 1. The van der Waals surface area contributed by atoms with Gasteiger partial charge in [-0.25, -0.2) is 4.79 Å². The van der Waals surface area contributed by atoms with E-state index >= 15 is 0 Å². The van der Waals surface area contributed by atoms with Crippen LogP contribution in [0.4, 0.5) is 13.2 Å². The predicted octanol–water partition coefficient (Wildman–Crippen LogP) is 0.413. The van der Waals surface area contributed by atoms with E-state index in [4.69, 9.17) is 5.11 Å². The van der Waals surface area contributed by atoms with Crippen molar-refractivity contribution in [1.29, 1.82) is 0 Å². The van der Waals surface area contributed by atoms with Crippen molar-refractivity contribution >= 4 is 11.9 Å². The normalized spacial score (nSPS) is 19.5. The van der Waals surface area contributed by atoms with Crippen molar-refractivity contribution in [2.75, 3.05) is 6.54 Å². The number of carbonyl (C=O) groups excluding carboxylic acids is 1. The lowest BCUT2D eigenvalue weighted by molar-refractivity contribution is -0.191. The summed E-state index contributed by atoms with van der Waals surface area (Å²) in [6.07, 6.45) is -3.80. The third-order valence-electron chi connectivity index (χ3n) is 2.63. The fourth-order valence-electron chi connectivity index (χ4n) is 1.89. The molecule has 98 valence electrons. The topological polar surface area (TPSA) is 75.4 Å². The lowest BCUT2D eigenvalue weighted by atomic mass is 10.1. The minimum Gasteiger partial charge on any atom is -0.479 e. The van der Waals surface area contributed by atoms with E-state index in [-0.39, 0.29) is 18.8 Å². The van der Waals surface area contributed by atoms with Gasteiger partial charge in [-0.15, -0.1) is 0 Å². The van der Waals surface area contributed by atoms with Crippen LogP contribution in [0, 0.1) is 0 Å². The SMILES string of the molecule is O=C(O)C1c2ccnn2CCN1C(=O)C(F)(F)F. The van der Waals surface area contributed by atoms with Gasteiger partial charge in [-0.1, -0.05) is 0 Å². The molecule has 0 radical (unpaired) electrons. The summed E-state index contributed by atoms with van der Waals surface area (Å²) < 4.78 is 38.4. The quantitative estimate of drug-likeness (QED) is 0.796. The molecule has 18 heavy (non-hydrogen) atoms. The summed E-state index contributed by atoms with van der Waals surface area (Å²) in [6.45, 7) is -0.308. The van der Waals surface area contributed by atoms with E-state index in [2.05, 4.69) is 5.10 Å². The van der Waals surface area contributed by atoms with Crippen LogP contribution in [-0.4, -0.2) is 44.4 Å². The summed E-state index contributed by atoms with van der Waals surface area (Å²) in [5.74, 6) is -3.67. The van der Waals surface area contributed by atoms with Crippen molar-refractivity contribution in [3.63, 3.8) is 0 Å². The number of halogens is 3. The van der Waals surface area contributed by atoms with Crippen LogP contribution in [0.1, 0.15) is 11.7 Å². The Kier molecular flexibility index (Phi) is 2.76. The smallest absolute Gasteiger partial charge is 0.471 e. The average molecular weight is 263 g/mol. The van der Waals surface area contributed by atoms with Crippen LogP contribution in [0.5, 0.6) is 0 Å². The molecule has 0 spiro atoms. The summed E-state index contributed by atoms with van der Waals surface area (Å²) in [5, 5.41) is 12.8. The first-order valence-electron chi connectivity index (χ1n) is 4.94. The van der Waals surface area contributed by atoms with E-state index in [9.17, 15) is 22.8 Å². The Hall–Kier alpha value is -2.06. The number of nitrogens with zero attached hydrogens (tertiary/aromatic N) is 3. The molecule has 1 aromatic heterocycles. The Labute approximate surface area is 98.6 Å².